The first-order valence-corrected chi connectivity index (χ1v) is 7.86. The summed E-state index contributed by atoms with van der Waals surface area (Å²) in [7, 11) is 0. The van der Waals surface area contributed by atoms with Crippen molar-refractivity contribution in [1.29, 1.82) is 0 Å². The van der Waals surface area contributed by atoms with E-state index in [0.29, 0.717) is 19.6 Å². The minimum absolute atomic E-state index is 0.108. The summed E-state index contributed by atoms with van der Waals surface area (Å²) in [6.07, 6.45) is 3.03. The van der Waals surface area contributed by atoms with Crippen molar-refractivity contribution in [2.45, 2.75) is 46.0 Å². The SMILES string of the molecule is CCOC(=O)CN(CCC(=[OH+])OCC)C(=O)CCCCCN. The molecule has 7 nitrogen and oxygen atoms in total. The highest BCUT2D eigenvalue weighted by molar-refractivity contribution is 5.82. The maximum absolute atomic E-state index is 12.2. The summed E-state index contributed by atoms with van der Waals surface area (Å²) in [5.74, 6) is -0.713. The zero-order valence-electron chi connectivity index (χ0n) is 13.7. The monoisotopic (exact) mass is 317 g/mol. The van der Waals surface area contributed by atoms with Crippen LogP contribution in [0.1, 0.15) is 46.0 Å². The van der Waals surface area contributed by atoms with Gasteiger partial charge in [0.25, 0.3) is 0 Å². The molecule has 3 N–H and O–H groups in total. The van der Waals surface area contributed by atoms with Gasteiger partial charge in [-0.1, -0.05) is 6.42 Å². The van der Waals surface area contributed by atoms with Gasteiger partial charge in [0.2, 0.25) is 5.91 Å². The third kappa shape index (κ3) is 10.1. The van der Waals surface area contributed by atoms with Crippen LogP contribution in [0.2, 0.25) is 0 Å². The van der Waals surface area contributed by atoms with Gasteiger partial charge in [-0.15, -0.1) is 0 Å². The Labute approximate surface area is 132 Å². The summed E-state index contributed by atoms with van der Waals surface area (Å²) in [6, 6.07) is 0. The number of ether oxygens (including phenoxy) is 2. The number of carbonyl (C=O) groups excluding carboxylic acids is 3. The van der Waals surface area contributed by atoms with Crippen molar-refractivity contribution in [2.75, 3.05) is 32.8 Å². The van der Waals surface area contributed by atoms with Crippen molar-refractivity contribution in [3.63, 3.8) is 0 Å². The number of hydrogen-bond donors (Lipinski definition) is 1. The molecule has 1 amide bonds. The van der Waals surface area contributed by atoms with Crippen molar-refractivity contribution >= 4 is 17.8 Å². The normalized spacial score (nSPS) is 10.1. The predicted molar refractivity (Wildman–Crippen MR) is 83.9 cm³/mol. The molecule has 0 heterocycles. The van der Waals surface area contributed by atoms with Crippen LogP contribution in [0.3, 0.4) is 0 Å². The van der Waals surface area contributed by atoms with E-state index in [1.54, 1.807) is 13.8 Å². The molecule has 0 aliphatic heterocycles. The fourth-order valence-electron chi connectivity index (χ4n) is 1.88. The van der Waals surface area contributed by atoms with Gasteiger partial charge in [-0.05, 0) is 33.2 Å². The smallest absolute Gasteiger partial charge is 0.465 e. The Morgan fingerprint density at radius 2 is 1.73 bits per heavy atom. The number of esters is 2. The Balaban J connectivity index is 4.39. The van der Waals surface area contributed by atoms with Gasteiger partial charge in [-0.2, -0.15) is 0 Å². The number of rotatable bonds is 12. The number of nitrogens with zero attached hydrogens (tertiary/aromatic N) is 1. The van der Waals surface area contributed by atoms with Gasteiger partial charge in [0.15, 0.2) is 6.61 Å². The largest absolute Gasteiger partial charge is 0.484 e. The number of amides is 1. The highest BCUT2D eigenvalue weighted by atomic mass is 16.5. The maximum atomic E-state index is 12.2. The van der Waals surface area contributed by atoms with Crippen LogP contribution < -0.4 is 5.73 Å². The number of carbonyl (C=O) groups is 2. The van der Waals surface area contributed by atoms with E-state index in [2.05, 4.69) is 0 Å². The van der Waals surface area contributed by atoms with E-state index >= 15 is 0 Å². The molecule has 0 aromatic heterocycles. The second kappa shape index (κ2) is 13.1. The molecule has 128 valence electrons. The average Bonchev–Trinajstić information content (AvgIpc) is 2.48. The van der Waals surface area contributed by atoms with Crippen molar-refractivity contribution in [2.24, 2.45) is 5.73 Å². The summed E-state index contributed by atoms with van der Waals surface area (Å²) >= 11 is 0. The zero-order chi connectivity index (χ0) is 16.8. The molecule has 0 spiro atoms. The molecule has 0 aliphatic rings. The third-order valence-corrected chi connectivity index (χ3v) is 2.98. The van der Waals surface area contributed by atoms with E-state index in [9.17, 15) is 14.4 Å². The summed E-state index contributed by atoms with van der Waals surface area (Å²) in [5.41, 5.74) is 5.41. The molecule has 0 saturated heterocycles. The van der Waals surface area contributed by atoms with Gasteiger partial charge in [0.1, 0.15) is 13.0 Å². The minimum Gasteiger partial charge on any atom is -0.465 e. The second-order valence-electron chi connectivity index (χ2n) is 4.80. The first kappa shape index (κ1) is 20.4. The molecule has 7 heteroatoms. The van der Waals surface area contributed by atoms with E-state index in [1.165, 1.54) is 4.90 Å². The first-order valence-electron chi connectivity index (χ1n) is 7.86. The molecule has 0 atom stereocenters. The maximum Gasteiger partial charge on any atom is 0.484 e. The first-order chi connectivity index (χ1) is 10.5. The van der Waals surface area contributed by atoms with Crippen LogP contribution in [-0.4, -0.2) is 60.4 Å². The molecule has 0 aromatic carbocycles. The van der Waals surface area contributed by atoms with Crippen LogP contribution in [-0.2, 0) is 19.1 Å². The topological polar surface area (TPSA) is 103 Å². The van der Waals surface area contributed by atoms with Crippen molar-refractivity contribution < 1.29 is 23.9 Å². The lowest BCUT2D eigenvalue weighted by Gasteiger charge is -2.20. The van der Waals surface area contributed by atoms with Crippen LogP contribution in [0, 0.1) is 0 Å². The second-order valence-corrected chi connectivity index (χ2v) is 4.80. The molecule has 0 fully saturated rings. The Bertz CT molecular complexity index is 347. The van der Waals surface area contributed by atoms with E-state index in [1.807, 2.05) is 0 Å². The molecular weight excluding hydrogens is 288 g/mol. The van der Waals surface area contributed by atoms with Crippen LogP contribution >= 0.6 is 0 Å². The summed E-state index contributed by atoms with van der Waals surface area (Å²) in [6.45, 7) is 4.83. The Kier molecular flexibility index (Phi) is 12.1. The van der Waals surface area contributed by atoms with E-state index in [0.717, 1.165) is 19.3 Å². The lowest BCUT2D eigenvalue weighted by Crippen LogP contribution is -2.38. The molecule has 0 unspecified atom stereocenters. The predicted octanol–water partition coefficient (Wildman–Crippen LogP) is 0.826. The zero-order valence-corrected chi connectivity index (χ0v) is 13.7. The van der Waals surface area contributed by atoms with Crippen LogP contribution in [0.25, 0.3) is 0 Å². The summed E-state index contributed by atoms with van der Waals surface area (Å²) < 4.78 is 9.81. The van der Waals surface area contributed by atoms with Gasteiger partial charge in [0.05, 0.1) is 6.61 Å². The highest BCUT2D eigenvalue weighted by Crippen LogP contribution is 2.05. The van der Waals surface area contributed by atoms with Crippen molar-refractivity contribution in [3.8, 4) is 0 Å². The lowest BCUT2D eigenvalue weighted by atomic mass is 10.1. The fourth-order valence-corrected chi connectivity index (χ4v) is 1.88. The highest BCUT2D eigenvalue weighted by Gasteiger charge is 2.21. The summed E-state index contributed by atoms with van der Waals surface area (Å²) in [4.78, 5) is 34.6. The molecule has 0 saturated carbocycles. The Morgan fingerprint density at radius 3 is 2.32 bits per heavy atom. The number of hydrogen-bond acceptors (Lipinski definition) is 5. The minimum atomic E-state index is -0.450. The van der Waals surface area contributed by atoms with Gasteiger partial charge in [0, 0.05) is 13.0 Å². The molecule has 22 heavy (non-hydrogen) atoms. The molecular formula is C15H29N2O5+. The van der Waals surface area contributed by atoms with Gasteiger partial charge in [-0.25, -0.2) is 0 Å². The molecule has 0 aliphatic carbocycles. The van der Waals surface area contributed by atoms with Crippen molar-refractivity contribution in [3.05, 3.63) is 0 Å². The average molecular weight is 317 g/mol. The summed E-state index contributed by atoms with van der Waals surface area (Å²) in [5, 5.41) is 0. The Hall–Kier alpha value is -1.63. The van der Waals surface area contributed by atoms with Crippen LogP contribution in [0.4, 0.5) is 0 Å². The Morgan fingerprint density at radius 1 is 1.05 bits per heavy atom. The van der Waals surface area contributed by atoms with E-state index in [-0.39, 0.29) is 38.0 Å². The van der Waals surface area contributed by atoms with E-state index < -0.39 is 5.97 Å². The van der Waals surface area contributed by atoms with Gasteiger partial charge in [-0.3, -0.25) is 9.59 Å². The molecule has 0 aromatic rings. The van der Waals surface area contributed by atoms with Crippen LogP contribution in [0.15, 0.2) is 0 Å². The fraction of sp³-hybridized carbons (Fsp3) is 0.800. The number of nitrogens with two attached hydrogens (primary N) is 1. The van der Waals surface area contributed by atoms with E-state index in [4.69, 9.17) is 15.2 Å². The van der Waals surface area contributed by atoms with Crippen LogP contribution in [0.5, 0.6) is 0 Å². The van der Waals surface area contributed by atoms with Gasteiger partial charge < -0.3 is 24.9 Å². The van der Waals surface area contributed by atoms with Crippen molar-refractivity contribution in [1.82, 2.24) is 4.90 Å². The standard InChI is InChI=1S/C15H28N2O5/c1-3-21-14(19)9-11-17(12-15(20)22-4-2)13(18)8-6-5-7-10-16/h3-12,16H2,1-2H3/p+1. The molecule has 0 rings (SSSR count). The lowest BCUT2D eigenvalue weighted by molar-refractivity contribution is -0.149. The quantitative estimate of drug-likeness (QED) is 0.326. The molecule has 0 bridgehead atoms. The van der Waals surface area contributed by atoms with Gasteiger partial charge >= 0.3 is 11.9 Å². The number of unbranched alkanes of at least 4 members (excludes halogenated alkanes) is 2. The molecule has 0 radical (unpaired) electrons. The third-order valence-electron chi connectivity index (χ3n) is 2.98.